The van der Waals surface area contributed by atoms with Crippen molar-refractivity contribution in [2.24, 2.45) is 0 Å². The van der Waals surface area contributed by atoms with Crippen molar-refractivity contribution >= 4 is 22.6 Å². The average molecular weight is 298 g/mol. The molecule has 3 nitrogen and oxygen atoms in total. The molecule has 0 aliphatic heterocycles. The zero-order valence-corrected chi connectivity index (χ0v) is 12.1. The highest BCUT2D eigenvalue weighted by molar-refractivity contribution is 6.17. The molecular weight excluding hydrogens is 286 g/mol. The van der Waals surface area contributed by atoms with E-state index < -0.39 is 0 Å². The molecular formula is C17H12ClNO2. The average Bonchev–Trinajstić information content (AvgIpc) is 2.87. The van der Waals surface area contributed by atoms with Crippen LogP contribution in [-0.2, 0) is 5.88 Å². The summed E-state index contributed by atoms with van der Waals surface area (Å²) in [5, 5.41) is 9.99. The van der Waals surface area contributed by atoms with E-state index in [1.165, 1.54) is 0 Å². The Balaban J connectivity index is 2.12. The molecule has 0 N–H and O–H groups in total. The van der Waals surface area contributed by atoms with E-state index in [4.69, 9.17) is 20.8 Å². The van der Waals surface area contributed by atoms with Crippen molar-refractivity contribution in [1.82, 2.24) is 0 Å². The van der Waals surface area contributed by atoms with E-state index >= 15 is 0 Å². The number of aryl methyl sites for hydroxylation is 1. The van der Waals surface area contributed by atoms with Crippen LogP contribution in [0.4, 0.5) is 0 Å². The summed E-state index contributed by atoms with van der Waals surface area (Å²) in [5.74, 6) is 1.58. The number of furan rings is 1. The molecule has 0 radical (unpaired) electrons. The lowest BCUT2D eigenvalue weighted by Crippen LogP contribution is -1.91. The quantitative estimate of drug-likeness (QED) is 0.628. The van der Waals surface area contributed by atoms with Crippen LogP contribution in [0.25, 0.3) is 11.0 Å². The Morgan fingerprint density at radius 1 is 1.24 bits per heavy atom. The zero-order chi connectivity index (χ0) is 14.8. The first-order valence-electron chi connectivity index (χ1n) is 6.48. The third-order valence-electron chi connectivity index (χ3n) is 3.22. The van der Waals surface area contributed by atoms with E-state index in [1.807, 2.05) is 49.4 Å². The van der Waals surface area contributed by atoms with Gasteiger partial charge >= 0.3 is 0 Å². The molecule has 0 amide bonds. The van der Waals surface area contributed by atoms with Gasteiger partial charge in [-0.1, -0.05) is 29.8 Å². The lowest BCUT2D eigenvalue weighted by Gasteiger charge is -2.09. The molecule has 104 valence electrons. The first-order valence-corrected chi connectivity index (χ1v) is 7.01. The van der Waals surface area contributed by atoms with Crippen LogP contribution in [0.3, 0.4) is 0 Å². The molecule has 3 aromatic rings. The molecule has 1 heterocycles. The zero-order valence-electron chi connectivity index (χ0n) is 11.4. The minimum atomic E-state index is 0.164. The highest BCUT2D eigenvalue weighted by Gasteiger charge is 2.17. The number of ether oxygens (including phenoxy) is 1. The molecule has 0 spiro atoms. The third-order valence-corrected chi connectivity index (χ3v) is 3.51. The molecule has 2 aromatic carbocycles. The van der Waals surface area contributed by atoms with Crippen molar-refractivity contribution < 1.29 is 9.15 Å². The largest absolute Gasteiger partial charge is 0.452 e. The van der Waals surface area contributed by atoms with E-state index in [2.05, 4.69) is 0 Å². The smallest absolute Gasteiger partial charge is 0.247 e. The highest BCUT2D eigenvalue weighted by atomic mass is 35.5. The first-order chi connectivity index (χ1) is 10.2. The van der Waals surface area contributed by atoms with Crippen LogP contribution in [0.2, 0.25) is 0 Å². The Labute approximate surface area is 127 Å². The number of halogens is 1. The monoisotopic (exact) mass is 297 g/mol. The maximum absolute atomic E-state index is 9.22. The molecule has 0 saturated heterocycles. The van der Waals surface area contributed by atoms with Gasteiger partial charge in [0.2, 0.25) is 5.76 Å². The predicted octanol–water partition coefficient (Wildman–Crippen LogP) is 5.14. The summed E-state index contributed by atoms with van der Waals surface area (Å²) < 4.78 is 11.4. The van der Waals surface area contributed by atoms with E-state index in [-0.39, 0.29) is 5.76 Å². The summed E-state index contributed by atoms with van der Waals surface area (Å²) >= 11 is 5.97. The van der Waals surface area contributed by atoms with Gasteiger partial charge in [-0.2, -0.15) is 5.26 Å². The molecule has 1 aromatic heterocycles. The third kappa shape index (κ3) is 2.46. The van der Waals surface area contributed by atoms with Gasteiger partial charge in [-0.25, -0.2) is 0 Å². The van der Waals surface area contributed by atoms with Crippen LogP contribution >= 0.6 is 11.6 Å². The van der Waals surface area contributed by atoms with Crippen molar-refractivity contribution in [3.8, 4) is 17.6 Å². The summed E-state index contributed by atoms with van der Waals surface area (Å²) in [7, 11) is 0. The predicted molar refractivity (Wildman–Crippen MR) is 81.7 cm³/mol. The van der Waals surface area contributed by atoms with Gasteiger partial charge in [0.15, 0.2) is 5.75 Å². The number of para-hydroxylation sites is 1. The molecule has 3 rings (SSSR count). The molecule has 4 heteroatoms. The van der Waals surface area contributed by atoms with Crippen molar-refractivity contribution in [2.45, 2.75) is 12.8 Å². The van der Waals surface area contributed by atoms with Crippen LogP contribution in [-0.4, -0.2) is 0 Å². The number of benzene rings is 2. The number of nitriles is 1. The van der Waals surface area contributed by atoms with Crippen molar-refractivity contribution in [2.75, 3.05) is 0 Å². The normalized spacial score (nSPS) is 10.5. The molecule has 0 fully saturated rings. The van der Waals surface area contributed by atoms with Gasteiger partial charge < -0.3 is 9.15 Å². The van der Waals surface area contributed by atoms with Crippen LogP contribution in [0.15, 0.2) is 46.9 Å². The van der Waals surface area contributed by atoms with Crippen molar-refractivity contribution in [3.63, 3.8) is 0 Å². The van der Waals surface area contributed by atoms with Crippen molar-refractivity contribution in [1.29, 1.82) is 5.26 Å². The van der Waals surface area contributed by atoms with Gasteiger partial charge in [-0.05, 0) is 25.1 Å². The topological polar surface area (TPSA) is 46.2 Å². The molecule has 21 heavy (non-hydrogen) atoms. The Kier molecular flexibility index (Phi) is 3.55. The molecule has 0 saturated carbocycles. The maximum atomic E-state index is 9.22. The van der Waals surface area contributed by atoms with E-state index in [0.29, 0.717) is 23.0 Å². The second-order valence-electron chi connectivity index (χ2n) is 4.72. The van der Waals surface area contributed by atoms with Gasteiger partial charge in [0.25, 0.3) is 0 Å². The number of alkyl halides is 1. The minimum Gasteiger partial charge on any atom is -0.452 e. The maximum Gasteiger partial charge on any atom is 0.247 e. The second kappa shape index (κ2) is 5.51. The Morgan fingerprint density at radius 2 is 2.05 bits per heavy atom. The fourth-order valence-corrected chi connectivity index (χ4v) is 2.43. The molecule has 0 aliphatic rings. The van der Waals surface area contributed by atoms with Gasteiger partial charge in [-0.15, -0.1) is 11.6 Å². The van der Waals surface area contributed by atoms with E-state index in [0.717, 1.165) is 16.5 Å². The Bertz CT molecular complexity index is 846. The van der Waals surface area contributed by atoms with E-state index in [1.54, 1.807) is 6.07 Å². The fourth-order valence-electron chi connectivity index (χ4n) is 2.22. The second-order valence-corrected chi connectivity index (χ2v) is 4.98. The van der Waals surface area contributed by atoms with E-state index in [9.17, 15) is 5.26 Å². The Hall–Kier alpha value is -2.44. The number of nitrogens with zero attached hydrogens (tertiary/aromatic N) is 1. The van der Waals surface area contributed by atoms with Crippen LogP contribution in [0.5, 0.6) is 11.5 Å². The summed E-state index contributed by atoms with van der Waals surface area (Å²) in [4.78, 5) is 0. The number of hydrogen-bond donors (Lipinski definition) is 0. The molecule has 0 atom stereocenters. The highest BCUT2D eigenvalue weighted by Crippen LogP contribution is 2.37. The van der Waals surface area contributed by atoms with Gasteiger partial charge in [-0.3, -0.25) is 0 Å². The lowest BCUT2D eigenvalue weighted by molar-refractivity contribution is 0.463. The van der Waals surface area contributed by atoms with Gasteiger partial charge in [0, 0.05) is 5.56 Å². The van der Waals surface area contributed by atoms with Gasteiger partial charge in [0.1, 0.15) is 17.4 Å². The van der Waals surface area contributed by atoms with Crippen molar-refractivity contribution in [3.05, 3.63) is 59.4 Å². The fraction of sp³-hybridized carbons (Fsp3) is 0.118. The van der Waals surface area contributed by atoms with Crippen LogP contribution in [0.1, 0.15) is 16.9 Å². The summed E-state index contributed by atoms with van der Waals surface area (Å²) in [6, 6.07) is 15.2. The summed E-state index contributed by atoms with van der Waals surface area (Å²) in [5.41, 5.74) is 2.62. The summed E-state index contributed by atoms with van der Waals surface area (Å²) in [6.07, 6.45) is 0. The van der Waals surface area contributed by atoms with Crippen LogP contribution < -0.4 is 4.74 Å². The van der Waals surface area contributed by atoms with Crippen LogP contribution in [0, 0.1) is 18.3 Å². The van der Waals surface area contributed by atoms with Gasteiger partial charge in [0.05, 0.1) is 11.3 Å². The number of fused-ring (bicyclic) bond motifs is 1. The standard InChI is InChI=1S/C17H12ClNO2/c1-11-6-7-14(12(8-11)9-18)21-17-13-4-2-3-5-15(13)20-16(17)10-19/h2-8H,9H2,1H3. The SMILES string of the molecule is Cc1ccc(Oc2c(C#N)oc3ccccc23)c(CCl)c1. The Morgan fingerprint density at radius 3 is 2.81 bits per heavy atom. The molecule has 0 unspecified atom stereocenters. The molecule has 0 bridgehead atoms. The first kappa shape index (κ1) is 13.5. The summed E-state index contributed by atoms with van der Waals surface area (Å²) in [6.45, 7) is 1.99. The minimum absolute atomic E-state index is 0.164. The molecule has 0 aliphatic carbocycles. The number of rotatable bonds is 3. The number of hydrogen-bond acceptors (Lipinski definition) is 3. The lowest BCUT2D eigenvalue weighted by atomic mass is 10.1.